The molecule has 15 heavy (non-hydrogen) atoms. The van der Waals surface area contributed by atoms with Crippen molar-refractivity contribution in [2.24, 2.45) is 0 Å². The molecule has 1 aromatic heterocycles. The summed E-state index contributed by atoms with van der Waals surface area (Å²) in [5.41, 5.74) is 11.0. The number of thioether (sulfide) groups is 1. The quantitative estimate of drug-likeness (QED) is 0.510. The fraction of sp³-hybridized carbons (Fsp3) is 0.375. The van der Waals surface area contributed by atoms with E-state index >= 15 is 0 Å². The highest BCUT2D eigenvalue weighted by atomic mass is 32.2. The molecule has 1 aromatic rings. The molecule has 5 N–H and O–H groups in total. The largest absolute Gasteiger partial charge is 0.481 e. The number of aliphatic carboxylic acids is 1. The van der Waals surface area contributed by atoms with Gasteiger partial charge in [0.05, 0.1) is 6.42 Å². The number of rotatable bonds is 4. The molecule has 1 atom stereocenters. The van der Waals surface area contributed by atoms with Crippen molar-refractivity contribution in [3.63, 3.8) is 0 Å². The molecule has 1 heterocycles. The van der Waals surface area contributed by atoms with E-state index in [2.05, 4.69) is 9.97 Å². The molecule has 1 rings (SSSR count). The summed E-state index contributed by atoms with van der Waals surface area (Å²) in [6.07, 6.45) is 0.0444. The van der Waals surface area contributed by atoms with Crippen LogP contribution in [0.15, 0.2) is 11.2 Å². The van der Waals surface area contributed by atoms with Crippen LogP contribution in [0.3, 0.4) is 0 Å². The average Bonchev–Trinajstić information content (AvgIpc) is 1.98. The molecule has 0 aliphatic heterocycles. The molecule has 0 saturated heterocycles. The third-order valence-electron chi connectivity index (χ3n) is 1.51. The number of aromatic nitrogens is 2. The van der Waals surface area contributed by atoms with Crippen LogP contribution in [0, 0.1) is 0 Å². The van der Waals surface area contributed by atoms with E-state index in [-0.39, 0.29) is 23.3 Å². The van der Waals surface area contributed by atoms with E-state index in [1.165, 1.54) is 17.8 Å². The first-order valence-electron chi connectivity index (χ1n) is 4.26. The number of hydrogen-bond donors (Lipinski definition) is 3. The van der Waals surface area contributed by atoms with E-state index < -0.39 is 5.97 Å². The van der Waals surface area contributed by atoms with Crippen LogP contribution < -0.4 is 11.5 Å². The van der Waals surface area contributed by atoms with Gasteiger partial charge in [0.1, 0.15) is 11.6 Å². The molecule has 0 amide bonds. The topological polar surface area (TPSA) is 115 Å². The van der Waals surface area contributed by atoms with Crippen molar-refractivity contribution in [2.45, 2.75) is 23.8 Å². The lowest BCUT2D eigenvalue weighted by atomic mass is 10.3. The van der Waals surface area contributed by atoms with Gasteiger partial charge in [-0.3, -0.25) is 4.79 Å². The first kappa shape index (κ1) is 11.6. The molecule has 0 aromatic carbocycles. The van der Waals surface area contributed by atoms with Gasteiger partial charge in [0.15, 0.2) is 5.16 Å². The van der Waals surface area contributed by atoms with Gasteiger partial charge in [-0.1, -0.05) is 18.7 Å². The Morgan fingerprint density at radius 3 is 2.53 bits per heavy atom. The summed E-state index contributed by atoms with van der Waals surface area (Å²) < 4.78 is 0. The van der Waals surface area contributed by atoms with Crippen molar-refractivity contribution < 1.29 is 9.90 Å². The maximum atomic E-state index is 10.4. The van der Waals surface area contributed by atoms with E-state index in [1.807, 2.05) is 0 Å². The lowest BCUT2D eigenvalue weighted by molar-refractivity contribution is -0.136. The number of hydrogen-bond acceptors (Lipinski definition) is 6. The van der Waals surface area contributed by atoms with Crippen LogP contribution in [0.25, 0.3) is 0 Å². The molecule has 1 unspecified atom stereocenters. The van der Waals surface area contributed by atoms with Crippen molar-refractivity contribution in [2.75, 3.05) is 11.5 Å². The van der Waals surface area contributed by atoms with Gasteiger partial charge in [0, 0.05) is 11.3 Å². The Bertz CT molecular complexity index is 351. The summed E-state index contributed by atoms with van der Waals surface area (Å²) in [6, 6.07) is 1.45. The Kier molecular flexibility index (Phi) is 3.73. The van der Waals surface area contributed by atoms with Crippen molar-refractivity contribution in [1.29, 1.82) is 0 Å². The number of carboxylic acids is 1. The Hall–Kier alpha value is -1.50. The van der Waals surface area contributed by atoms with Crippen molar-refractivity contribution in [1.82, 2.24) is 9.97 Å². The standard InChI is InChI=1S/C8H12N4O2S/c1-4(2-7(13)14)15-8-11-5(9)3-6(10)12-8/h3-4H,2H2,1H3,(H,13,14)(H4,9,10,11,12). The van der Waals surface area contributed by atoms with Crippen LogP contribution in [0.1, 0.15) is 13.3 Å². The zero-order chi connectivity index (χ0) is 11.4. The van der Waals surface area contributed by atoms with Gasteiger partial charge in [-0.2, -0.15) is 0 Å². The summed E-state index contributed by atoms with van der Waals surface area (Å²) in [5, 5.41) is 8.85. The number of carboxylic acid groups (broad SMARTS) is 1. The highest BCUT2D eigenvalue weighted by Crippen LogP contribution is 2.23. The molecule has 7 heteroatoms. The summed E-state index contributed by atoms with van der Waals surface area (Å²) in [6.45, 7) is 1.78. The average molecular weight is 228 g/mol. The van der Waals surface area contributed by atoms with Gasteiger partial charge in [-0.25, -0.2) is 9.97 Å². The molecule has 0 radical (unpaired) electrons. The summed E-state index contributed by atoms with van der Waals surface area (Å²) in [4.78, 5) is 18.3. The number of nitrogens with zero attached hydrogens (tertiary/aromatic N) is 2. The van der Waals surface area contributed by atoms with Crippen LogP contribution in [0.2, 0.25) is 0 Å². The second-order valence-electron chi connectivity index (χ2n) is 3.03. The minimum Gasteiger partial charge on any atom is -0.481 e. The van der Waals surface area contributed by atoms with E-state index in [0.29, 0.717) is 5.16 Å². The van der Waals surface area contributed by atoms with Gasteiger partial charge in [0.2, 0.25) is 0 Å². The van der Waals surface area contributed by atoms with E-state index in [0.717, 1.165) is 0 Å². The number of nitrogens with two attached hydrogens (primary N) is 2. The third kappa shape index (κ3) is 4.03. The Morgan fingerprint density at radius 2 is 2.07 bits per heavy atom. The fourth-order valence-electron chi connectivity index (χ4n) is 0.982. The molecule has 0 spiro atoms. The Balaban J connectivity index is 2.67. The maximum absolute atomic E-state index is 10.4. The van der Waals surface area contributed by atoms with Gasteiger partial charge in [-0.15, -0.1) is 0 Å². The monoisotopic (exact) mass is 228 g/mol. The molecule has 0 bridgehead atoms. The lowest BCUT2D eigenvalue weighted by Gasteiger charge is -2.07. The predicted octanol–water partition coefficient (Wildman–Crippen LogP) is 0.596. The van der Waals surface area contributed by atoms with E-state index in [9.17, 15) is 4.79 Å². The van der Waals surface area contributed by atoms with Crippen LogP contribution >= 0.6 is 11.8 Å². The number of anilines is 2. The minimum atomic E-state index is -0.855. The second-order valence-corrected chi connectivity index (χ2v) is 4.43. The zero-order valence-electron chi connectivity index (χ0n) is 8.17. The summed E-state index contributed by atoms with van der Waals surface area (Å²) >= 11 is 1.24. The molecular weight excluding hydrogens is 216 g/mol. The minimum absolute atomic E-state index is 0.0444. The molecule has 0 aliphatic carbocycles. The third-order valence-corrected chi connectivity index (χ3v) is 2.48. The molecular formula is C8H12N4O2S. The second kappa shape index (κ2) is 4.83. The highest BCUT2D eigenvalue weighted by Gasteiger charge is 2.11. The van der Waals surface area contributed by atoms with Crippen LogP contribution in [-0.2, 0) is 4.79 Å². The summed E-state index contributed by atoms with van der Waals surface area (Å²) in [7, 11) is 0. The van der Waals surface area contributed by atoms with Gasteiger partial charge >= 0.3 is 5.97 Å². The normalized spacial score (nSPS) is 12.3. The van der Waals surface area contributed by atoms with E-state index in [4.69, 9.17) is 16.6 Å². The van der Waals surface area contributed by atoms with Crippen LogP contribution in [0.5, 0.6) is 0 Å². The molecule has 0 saturated carbocycles. The van der Waals surface area contributed by atoms with Gasteiger partial charge in [0.25, 0.3) is 0 Å². The first-order chi connectivity index (χ1) is 6.97. The zero-order valence-corrected chi connectivity index (χ0v) is 8.99. The number of carbonyl (C=O) groups is 1. The van der Waals surface area contributed by atoms with Crippen molar-refractivity contribution in [3.8, 4) is 0 Å². The smallest absolute Gasteiger partial charge is 0.304 e. The van der Waals surface area contributed by atoms with Crippen molar-refractivity contribution >= 4 is 29.4 Å². The van der Waals surface area contributed by atoms with Crippen LogP contribution in [-0.4, -0.2) is 26.3 Å². The fourth-order valence-corrected chi connectivity index (χ4v) is 1.88. The van der Waals surface area contributed by atoms with Gasteiger partial charge in [-0.05, 0) is 0 Å². The Morgan fingerprint density at radius 1 is 1.53 bits per heavy atom. The summed E-state index contributed by atoms with van der Waals surface area (Å²) in [5.74, 6) is -0.285. The Labute approximate surface area is 91.1 Å². The molecule has 82 valence electrons. The maximum Gasteiger partial charge on any atom is 0.304 e. The lowest BCUT2D eigenvalue weighted by Crippen LogP contribution is -2.07. The molecule has 6 nitrogen and oxygen atoms in total. The number of nitrogen functional groups attached to an aromatic ring is 2. The highest BCUT2D eigenvalue weighted by molar-refractivity contribution is 7.99. The molecule has 0 aliphatic rings. The predicted molar refractivity (Wildman–Crippen MR) is 58.4 cm³/mol. The molecule has 0 fully saturated rings. The first-order valence-corrected chi connectivity index (χ1v) is 5.14. The van der Waals surface area contributed by atoms with E-state index in [1.54, 1.807) is 6.92 Å². The van der Waals surface area contributed by atoms with Gasteiger partial charge < -0.3 is 16.6 Å². The SMILES string of the molecule is CC(CC(=O)O)Sc1nc(N)cc(N)n1. The van der Waals surface area contributed by atoms with Crippen molar-refractivity contribution in [3.05, 3.63) is 6.07 Å². The van der Waals surface area contributed by atoms with Crippen LogP contribution in [0.4, 0.5) is 11.6 Å².